The van der Waals surface area contributed by atoms with E-state index in [1.54, 1.807) is 13.8 Å². The van der Waals surface area contributed by atoms with Gasteiger partial charge < -0.3 is 9.47 Å². The van der Waals surface area contributed by atoms with E-state index in [1.807, 2.05) is 24.3 Å². The fourth-order valence-electron chi connectivity index (χ4n) is 2.89. The zero-order valence-electron chi connectivity index (χ0n) is 18.1. The summed E-state index contributed by atoms with van der Waals surface area (Å²) in [5.41, 5.74) is 2.23. The lowest BCUT2D eigenvalue weighted by Crippen LogP contribution is -2.23. The third-order valence-corrected chi connectivity index (χ3v) is 7.42. The smallest absolute Gasteiger partial charge is 0.338 e. The minimum atomic E-state index is -0.495. The lowest BCUT2D eigenvalue weighted by molar-refractivity contribution is -0.131. The van der Waals surface area contributed by atoms with Gasteiger partial charge in [-0.05, 0) is 119 Å². The van der Waals surface area contributed by atoms with Crippen molar-refractivity contribution in [2.45, 2.75) is 39.5 Å². The summed E-state index contributed by atoms with van der Waals surface area (Å²) in [5, 5.41) is 0. The quantitative estimate of drug-likeness (QED) is 0.166. The Labute approximate surface area is 222 Å². The van der Waals surface area contributed by atoms with Gasteiger partial charge in [0.2, 0.25) is 0 Å². The molecule has 2 aromatic carbocycles. The molecule has 0 atom stereocenters. The van der Waals surface area contributed by atoms with E-state index < -0.39 is 17.4 Å². The Balaban J connectivity index is 2.54. The van der Waals surface area contributed by atoms with Crippen molar-refractivity contribution in [3.05, 3.63) is 77.6 Å². The first kappa shape index (κ1) is 27.0. The molecular formula is C24H22Br4O4. The molecule has 32 heavy (non-hydrogen) atoms. The lowest BCUT2D eigenvalue weighted by atomic mass is 9.74. The Kier molecular flexibility index (Phi) is 9.13. The van der Waals surface area contributed by atoms with Crippen LogP contribution in [0, 0.1) is 0 Å². The fourth-order valence-corrected chi connectivity index (χ4v) is 5.58. The standard InChI is InChI=1S/C24H22Br4O4/c1-7-24(6,14-8-16(25)20(17(26)9-14)31-22(29)12(2)3)15-10-18(27)21(19(28)11-15)32-23(30)13(4)5/h8-11H,2,4,7H2,1,3,5-6H3. The van der Waals surface area contributed by atoms with Crippen LogP contribution in [0.1, 0.15) is 45.2 Å². The number of carbonyl (C=O) groups is 2. The predicted octanol–water partition coefficient (Wildman–Crippen LogP) is 8.42. The van der Waals surface area contributed by atoms with Gasteiger partial charge in [0.1, 0.15) is 0 Å². The summed E-state index contributed by atoms with van der Waals surface area (Å²) in [7, 11) is 0. The molecule has 0 radical (unpaired) electrons. The number of benzene rings is 2. The molecular weight excluding hydrogens is 672 g/mol. The maximum atomic E-state index is 12.0. The van der Waals surface area contributed by atoms with Gasteiger partial charge in [-0.3, -0.25) is 0 Å². The summed E-state index contributed by atoms with van der Waals surface area (Å²) in [6, 6.07) is 7.75. The van der Waals surface area contributed by atoms with E-state index in [9.17, 15) is 9.59 Å². The minimum Gasteiger partial charge on any atom is -0.421 e. The third-order valence-electron chi connectivity index (χ3n) is 5.06. The van der Waals surface area contributed by atoms with E-state index in [0.29, 0.717) is 40.5 Å². The van der Waals surface area contributed by atoms with Crippen LogP contribution in [0.4, 0.5) is 0 Å². The molecule has 170 valence electrons. The first-order valence-electron chi connectivity index (χ1n) is 9.56. The number of hydrogen-bond acceptors (Lipinski definition) is 4. The molecule has 4 nitrogen and oxygen atoms in total. The van der Waals surface area contributed by atoms with Crippen LogP contribution in [0.15, 0.2) is 66.5 Å². The van der Waals surface area contributed by atoms with E-state index in [0.717, 1.165) is 17.5 Å². The van der Waals surface area contributed by atoms with Crippen LogP contribution in [-0.2, 0) is 15.0 Å². The highest BCUT2D eigenvalue weighted by Crippen LogP contribution is 2.45. The molecule has 0 saturated heterocycles. The molecule has 2 aromatic rings. The molecule has 0 unspecified atom stereocenters. The van der Waals surface area contributed by atoms with Crippen LogP contribution >= 0.6 is 63.7 Å². The Morgan fingerprint density at radius 2 is 1.06 bits per heavy atom. The number of hydrogen-bond donors (Lipinski definition) is 0. The Hall–Kier alpha value is -1.22. The summed E-state index contributed by atoms with van der Waals surface area (Å²) >= 11 is 14.1. The van der Waals surface area contributed by atoms with Crippen LogP contribution in [-0.4, -0.2) is 11.9 Å². The third kappa shape index (κ3) is 5.82. The van der Waals surface area contributed by atoms with Crippen molar-refractivity contribution in [3.8, 4) is 11.5 Å². The number of halogens is 4. The molecule has 0 aliphatic heterocycles. The maximum absolute atomic E-state index is 12.0. The van der Waals surface area contributed by atoms with E-state index in [-0.39, 0.29) is 0 Å². The van der Waals surface area contributed by atoms with Crippen molar-refractivity contribution in [2.75, 3.05) is 0 Å². The predicted molar refractivity (Wildman–Crippen MR) is 141 cm³/mol. The van der Waals surface area contributed by atoms with Gasteiger partial charge >= 0.3 is 11.9 Å². The second-order valence-corrected chi connectivity index (χ2v) is 11.0. The van der Waals surface area contributed by atoms with Gasteiger partial charge in [0.15, 0.2) is 11.5 Å². The summed E-state index contributed by atoms with van der Waals surface area (Å²) in [4.78, 5) is 24.0. The van der Waals surface area contributed by atoms with Gasteiger partial charge in [-0.1, -0.05) is 27.0 Å². The molecule has 0 amide bonds. The van der Waals surface area contributed by atoms with Gasteiger partial charge in [0.25, 0.3) is 0 Å². The highest BCUT2D eigenvalue weighted by molar-refractivity contribution is 9.11. The summed E-state index contributed by atoms with van der Waals surface area (Å²) in [6.07, 6.45) is 0.778. The number of esters is 2. The molecule has 0 spiro atoms. The van der Waals surface area contributed by atoms with E-state index >= 15 is 0 Å². The number of ether oxygens (including phenoxy) is 2. The molecule has 0 aromatic heterocycles. The molecule has 8 heteroatoms. The zero-order chi connectivity index (χ0) is 24.4. The van der Waals surface area contributed by atoms with Crippen molar-refractivity contribution >= 4 is 75.7 Å². The van der Waals surface area contributed by atoms with Gasteiger partial charge in [-0.25, -0.2) is 9.59 Å². The van der Waals surface area contributed by atoms with Gasteiger partial charge in [-0.2, -0.15) is 0 Å². The monoisotopic (exact) mass is 690 g/mol. The second kappa shape index (κ2) is 10.8. The number of carbonyl (C=O) groups excluding carboxylic acids is 2. The molecule has 0 heterocycles. The number of rotatable bonds is 7. The van der Waals surface area contributed by atoms with E-state index in [1.165, 1.54) is 0 Å². The SMILES string of the molecule is C=C(C)C(=O)Oc1c(Br)cc(C(C)(CC)c2cc(Br)c(OC(=O)C(=C)C)c(Br)c2)cc1Br. The van der Waals surface area contributed by atoms with Gasteiger partial charge in [0, 0.05) is 16.6 Å². The first-order valence-corrected chi connectivity index (χ1v) is 12.7. The van der Waals surface area contributed by atoms with Crippen LogP contribution in [0.2, 0.25) is 0 Å². The normalized spacial score (nSPS) is 11.1. The Morgan fingerprint density at radius 3 is 1.28 bits per heavy atom. The molecule has 0 aliphatic carbocycles. The molecule has 0 fully saturated rings. The lowest BCUT2D eigenvalue weighted by Gasteiger charge is -2.31. The highest BCUT2D eigenvalue weighted by Gasteiger charge is 2.31. The van der Waals surface area contributed by atoms with Crippen LogP contribution in [0.25, 0.3) is 0 Å². The Morgan fingerprint density at radius 1 is 0.781 bits per heavy atom. The van der Waals surface area contributed by atoms with E-state index in [2.05, 4.69) is 90.7 Å². The van der Waals surface area contributed by atoms with Crippen LogP contribution in [0.5, 0.6) is 11.5 Å². The van der Waals surface area contributed by atoms with Crippen molar-refractivity contribution in [2.24, 2.45) is 0 Å². The summed E-state index contributed by atoms with van der Waals surface area (Å²) in [5.74, 6) is -0.204. The molecule has 0 N–H and O–H groups in total. The first-order chi connectivity index (χ1) is 14.8. The van der Waals surface area contributed by atoms with Crippen molar-refractivity contribution in [1.29, 1.82) is 0 Å². The van der Waals surface area contributed by atoms with Crippen LogP contribution in [0.3, 0.4) is 0 Å². The minimum absolute atomic E-state index is 0.313. The van der Waals surface area contributed by atoms with Crippen LogP contribution < -0.4 is 9.47 Å². The second-order valence-electron chi connectivity index (χ2n) is 7.56. The summed E-state index contributed by atoms with van der Waals surface area (Å²) < 4.78 is 13.5. The molecule has 2 rings (SSSR count). The topological polar surface area (TPSA) is 52.6 Å². The zero-order valence-corrected chi connectivity index (χ0v) is 24.4. The largest absolute Gasteiger partial charge is 0.421 e. The molecule has 0 bridgehead atoms. The molecule has 0 aliphatic rings. The molecule has 0 saturated carbocycles. The average molecular weight is 694 g/mol. The van der Waals surface area contributed by atoms with Crippen molar-refractivity contribution in [3.63, 3.8) is 0 Å². The van der Waals surface area contributed by atoms with E-state index in [4.69, 9.17) is 9.47 Å². The average Bonchev–Trinajstić information content (AvgIpc) is 2.71. The van der Waals surface area contributed by atoms with Gasteiger partial charge in [0.05, 0.1) is 17.9 Å². The summed E-state index contributed by atoms with van der Waals surface area (Å²) in [6.45, 7) is 14.6. The van der Waals surface area contributed by atoms with Crippen molar-refractivity contribution in [1.82, 2.24) is 0 Å². The van der Waals surface area contributed by atoms with Crippen molar-refractivity contribution < 1.29 is 19.1 Å². The van der Waals surface area contributed by atoms with Gasteiger partial charge in [-0.15, -0.1) is 0 Å². The highest BCUT2D eigenvalue weighted by atomic mass is 79.9. The Bertz CT molecular complexity index is 991. The fraction of sp³-hybridized carbons (Fsp3) is 0.250. The maximum Gasteiger partial charge on any atom is 0.338 e.